The summed E-state index contributed by atoms with van der Waals surface area (Å²) < 4.78 is 5.29. The van der Waals surface area contributed by atoms with E-state index in [9.17, 15) is 9.59 Å². The number of para-hydroxylation sites is 1. The fourth-order valence-electron chi connectivity index (χ4n) is 2.27. The molecule has 3 N–H and O–H groups in total. The highest BCUT2D eigenvalue weighted by molar-refractivity contribution is 6.41. The number of quaternary nitrogens is 1. The molecule has 1 aliphatic rings. The molecule has 2 rings (SSSR count). The van der Waals surface area contributed by atoms with Crippen LogP contribution >= 0.6 is 11.6 Å². The van der Waals surface area contributed by atoms with Crippen molar-refractivity contribution in [2.45, 2.75) is 6.42 Å². The van der Waals surface area contributed by atoms with E-state index in [-0.39, 0.29) is 0 Å². The van der Waals surface area contributed by atoms with Gasteiger partial charge < -0.3 is 20.3 Å². The maximum Gasteiger partial charge on any atom is 0.313 e. The summed E-state index contributed by atoms with van der Waals surface area (Å²) in [5.74, 6) is -1.34. The van der Waals surface area contributed by atoms with Gasteiger partial charge in [0.15, 0.2) is 0 Å². The maximum absolute atomic E-state index is 11.8. The average molecular weight is 327 g/mol. The molecule has 1 aliphatic heterocycles. The standard InChI is InChI=1S/C15H20ClN3O3/c16-12-4-1-2-5-13(12)18-15(21)14(20)17-6-3-7-19-8-10-22-11-9-19/h1-2,4-5H,3,6-11H2,(H,17,20)(H,18,21)/p+1. The zero-order chi connectivity index (χ0) is 15.8. The van der Waals surface area contributed by atoms with Gasteiger partial charge in [-0.1, -0.05) is 23.7 Å². The van der Waals surface area contributed by atoms with E-state index in [1.165, 1.54) is 4.90 Å². The normalized spacial score (nSPS) is 15.3. The lowest BCUT2D eigenvalue weighted by molar-refractivity contribution is -0.908. The van der Waals surface area contributed by atoms with Crippen LogP contribution in [-0.2, 0) is 14.3 Å². The van der Waals surface area contributed by atoms with Crippen molar-refractivity contribution in [2.24, 2.45) is 0 Å². The number of hydrogen-bond acceptors (Lipinski definition) is 3. The third-order valence-corrected chi connectivity index (χ3v) is 3.85. The molecule has 0 saturated carbocycles. The molecule has 7 heteroatoms. The Morgan fingerprint density at radius 1 is 1.18 bits per heavy atom. The lowest BCUT2D eigenvalue weighted by Gasteiger charge is -2.23. The number of anilines is 1. The Bertz CT molecular complexity index is 519. The first-order valence-electron chi connectivity index (χ1n) is 7.42. The summed E-state index contributed by atoms with van der Waals surface area (Å²) >= 11 is 5.93. The lowest BCUT2D eigenvalue weighted by atomic mass is 10.3. The van der Waals surface area contributed by atoms with Gasteiger partial charge >= 0.3 is 11.8 Å². The van der Waals surface area contributed by atoms with Crippen molar-refractivity contribution in [3.8, 4) is 0 Å². The second-order valence-electron chi connectivity index (χ2n) is 5.16. The number of morpholine rings is 1. The molecule has 1 fully saturated rings. The van der Waals surface area contributed by atoms with Crippen LogP contribution < -0.4 is 15.5 Å². The number of rotatable bonds is 5. The van der Waals surface area contributed by atoms with Crippen LogP contribution in [0.1, 0.15) is 6.42 Å². The van der Waals surface area contributed by atoms with Gasteiger partial charge in [-0.05, 0) is 12.1 Å². The molecular formula is C15H21ClN3O3+. The van der Waals surface area contributed by atoms with Crippen LogP contribution in [0.2, 0.25) is 5.02 Å². The van der Waals surface area contributed by atoms with Gasteiger partial charge in [-0.15, -0.1) is 0 Å². The van der Waals surface area contributed by atoms with E-state index in [2.05, 4.69) is 10.6 Å². The number of benzene rings is 1. The van der Waals surface area contributed by atoms with Crippen LogP contribution in [0.15, 0.2) is 24.3 Å². The summed E-state index contributed by atoms with van der Waals surface area (Å²) in [7, 11) is 0. The first kappa shape index (κ1) is 16.7. The molecule has 0 atom stereocenters. The van der Waals surface area contributed by atoms with Crippen molar-refractivity contribution >= 4 is 29.1 Å². The van der Waals surface area contributed by atoms with Crippen LogP contribution in [-0.4, -0.2) is 51.2 Å². The van der Waals surface area contributed by atoms with Crippen LogP contribution in [0.25, 0.3) is 0 Å². The zero-order valence-electron chi connectivity index (χ0n) is 12.4. The van der Waals surface area contributed by atoms with E-state index >= 15 is 0 Å². The van der Waals surface area contributed by atoms with Crippen LogP contribution in [0.3, 0.4) is 0 Å². The maximum atomic E-state index is 11.8. The molecule has 0 aromatic heterocycles. The zero-order valence-corrected chi connectivity index (χ0v) is 13.1. The van der Waals surface area contributed by atoms with E-state index in [0.29, 0.717) is 17.3 Å². The summed E-state index contributed by atoms with van der Waals surface area (Å²) in [6, 6.07) is 6.80. The molecule has 0 radical (unpaired) electrons. The molecule has 0 aliphatic carbocycles. The van der Waals surface area contributed by atoms with Crippen molar-refractivity contribution in [1.29, 1.82) is 0 Å². The first-order valence-corrected chi connectivity index (χ1v) is 7.79. The van der Waals surface area contributed by atoms with Gasteiger partial charge in [-0.3, -0.25) is 9.59 Å². The van der Waals surface area contributed by atoms with Gasteiger partial charge in [0, 0.05) is 13.0 Å². The van der Waals surface area contributed by atoms with Gasteiger partial charge in [-0.25, -0.2) is 0 Å². The van der Waals surface area contributed by atoms with Crippen molar-refractivity contribution in [3.63, 3.8) is 0 Å². The highest BCUT2D eigenvalue weighted by Crippen LogP contribution is 2.19. The molecule has 120 valence electrons. The van der Waals surface area contributed by atoms with Crippen molar-refractivity contribution < 1.29 is 19.2 Å². The minimum atomic E-state index is -0.702. The first-order chi connectivity index (χ1) is 10.7. The lowest BCUT2D eigenvalue weighted by Crippen LogP contribution is -3.14. The summed E-state index contributed by atoms with van der Waals surface area (Å²) in [6.07, 6.45) is 0.834. The number of ether oxygens (including phenoxy) is 1. The van der Waals surface area contributed by atoms with Gasteiger partial charge in [0.1, 0.15) is 13.1 Å². The summed E-state index contributed by atoms with van der Waals surface area (Å²) in [4.78, 5) is 24.9. The number of halogens is 1. The summed E-state index contributed by atoms with van der Waals surface area (Å²) in [6.45, 7) is 5.04. The van der Waals surface area contributed by atoms with E-state index in [1.54, 1.807) is 24.3 Å². The average Bonchev–Trinajstić information content (AvgIpc) is 2.54. The van der Waals surface area contributed by atoms with E-state index in [0.717, 1.165) is 39.3 Å². The molecule has 22 heavy (non-hydrogen) atoms. The molecular weight excluding hydrogens is 306 g/mol. The Morgan fingerprint density at radius 2 is 1.91 bits per heavy atom. The van der Waals surface area contributed by atoms with E-state index < -0.39 is 11.8 Å². The van der Waals surface area contributed by atoms with Gasteiger partial charge in [0.25, 0.3) is 0 Å². The quantitative estimate of drug-likeness (QED) is 0.514. The minimum absolute atomic E-state index is 0.402. The number of amides is 2. The van der Waals surface area contributed by atoms with Gasteiger partial charge in [0.05, 0.1) is 30.5 Å². The molecule has 0 unspecified atom stereocenters. The van der Waals surface area contributed by atoms with E-state index in [1.807, 2.05) is 0 Å². The Kier molecular flexibility index (Phi) is 6.64. The summed E-state index contributed by atoms with van der Waals surface area (Å²) in [5.41, 5.74) is 0.432. The largest absolute Gasteiger partial charge is 0.370 e. The van der Waals surface area contributed by atoms with Crippen molar-refractivity contribution in [3.05, 3.63) is 29.3 Å². The molecule has 1 saturated heterocycles. The fraction of sp³-hybridized carbons (Fsp3) is 0.467. The molecule has 1 aromatic rings. The third kappa shape index (κ3) is 5.29. The Hall–Kier alpha value is -1.63. The second kappa shape index (κ2) is 8.73. The fourth-order valence-corrected chi connectivity index (χ4v) is 2.46. The molecule has 2 amide bonds. The van der Waals surface area contributed by atoms with Gasteiger partial charge in [0.2, 0.25) is 0 Å². The molecule has 6 nitrogen and oxygen atoms in total. The molecule has 0 bridgehead atoms. The highest BCUT2D eigenvalue weighted by Gasteiger charge is 2.16. The van der Waals surface area contributed by atoms with Crippen LogP contribution in [0, 0.1) is 0 Å². The molecule has 1 heterocycles. The topological polar surface area (TPSA) is 71.9 Å². The smallest absolute Gasteiger partial charge is 0.313 e. The van der Waals surface area contributed by atoms with E-state index in [4.69, 9.17) is 16.3 Å². The number of carbonyl (C=O) groups excluding carboxylic acids is 2. The van der Waals surface area contributed by atoms with Crippen molar-refractivity contribution in [2.75, 3.05) is 44.7 Å². The number of carbonyl (C=O) groups is 2. The SMILES string of the molecule is O=C(NCCC[NH+]1CCOCC1)C(=O)Nc1ccccc1Cl. The van der Waals surface area contributed by atoms with Gasteiger partial charge in [-0.2, -0.15) is 0 Å². The monoisotopic (exact) mass is 326 g/mol. The number of hydrogen-bond donors (Lipinski definition) is 3. The summed E-state index contributed by atoms with van der Waals surface area (Å²) in [5, 5.41) is 5.52. The minimum Gasteiger partial charge on any atom is -0.370 e. The van der Waals surface area contributed by atoms with Crippen LogP contribution in [0.4, 0.5) is 5.69 Å². The van der Waals surface area contributed by atoms with Crippen molar-refractivity contribution in [1.82, 2.24) is 5.32 Å². The molecule has 1 aromatic carbocycles. The second-order valence-corrected chi connectivity index (χ2v) is 5.56. The highest BCUT2D eigenvalue weighted by atomic mass is 35.5. The Morgan fingerprint density at radius 3 is 2.64 bits per heavy atom. The Balaban J connectivity index is 1.66. The Labute approximate surface area is 134 Å². The predicted molar refractivity (Wildman–Crippen MR) is 84.1 cm³/mol. The van der Waals surface area contributed by atoms with Crippen LogP contribution in [0.5, 0.6) is 0 Å². The third-order valence-electron chi connectivity index (χ3n) is 3.52. The number of nitrogens with one attached hydrogen (secondary N) is 3. The molecule has 0 spiro atoms. The predicted octanol–water partition coefficient (Wildman–Crippen LogP) is -0.300.